The fourth-order valence-corrected chi connectivity index (χ4v) is 2.37. The average molecular weight is 360 g/mol. The Balaban J connectivity index is 3.12. The third-order valence-electron chi connectivity index (χ3n) is 3.78. The molecule has 0 N–H and O–H groups in total. The first-order valence-corrected chi connectivity index (χ1v) is 12.8. The molecular formula is C20H33N3OSi. The van der Waals surface area contributed by atoms with E-state index in [-0.39, 0.29) is 0 Å². The van der Waals surface area contributed by atoms with Crippen molar-refractivity contribution in [3.8, 4) is 17.2 Å². The second kappa shape index (κ2) is 10.2. The van der Waals surface area contributed by atoms with E-state index >= 15 is 0 Å². The molecule has 0 unspecified atom stereocenters. The fourth-order valence-electron chi connectivity index (χ4n) is 1.86. The van der Waals surface area contributed by atoms with Crippen molar-refractivity contribution < 1.29 is 4.74 Å². The molecule has 0 bridgehead atoms. The second-order valence-corrected chi connectivity index (χ2v) is 12.1. The van der Waals surface area contributed by atoms with Crippen molar-refractivity contribution in [3.63, 3.8) is 0 Å². The molecule has 0 amide bonds. The van der Waals surface area contributed by atoms with Crippen LogP contribution in [0.4, 0.5) is 5.69 Å². The zero-order chi connectivity index (χ0) is 18.9. The largest absolute Gasteiger partial charge is 0.493 e. The van der Waals surface area contributed by atoms with Crippen LogP contribution in [0.3, 0.4) is 0 Å². The predicted octanol–water partition coefficient (Wildman–Crippen LogP) is 5.68. The van der Waals surface area contributed by atoms with Crippen LogP contribution >= 0.6 is 0 Å². The Morgan fingerprint density at radius 3 is 2.40 bits per heavy atom. The van der Waals surface area contributed by atoms with Gasteiger partial charge in [0.2, 0.25) is 0 Å². The molecular weight excluding hydrogens is 326 g/mol. The molecule has 1 atom stereocenters. The first-order valence-electron chi connectivity index (χ1n) is 9.25. The lowest BCUT2D eigenvalue weighted by Crippen LogP contribution is -2.16. The Hall–Kier alpha value is -1.80. The van der Waals surface area contributed by atoms with E-state index in [1.807, 2.05) is 23.2 Å². The van der Waals surface area contributed by atoms with Crippen LogP contribution in [0.15, 0.2) is 28.5 Å². The van der Waals surface area contributed by atoms with E-state index in [0.29, 0.717) is 12.5 Å². The van der Waals surface area contributed by atoms with Gasteiger partial charge in [-0.2, -0.15) is 0 Å². The lowest BCUT2D eigenvalue weighted by molar-refractivity contribution is 0.256. The van der Waals surface area contributed by atoms with Gasteiger partial charge in [0, 0.05) is 19.2 Å². The molecule has 1 rings (SSSR count). The summed E-state index contributed by atoms with van der Waals surface area (Å²) >= 11 is 0. The van der Waals surface area contributed by atoms with Gasteiger partial charge in [-0.1, -0.05) is 51.1 Å². The highest BCUT2D eigenvalue weighted by Crippen LogP contribution is 2.26. The zero-order valence-corrected chi connectivity index (χ0v) is 17.9. The van der Waals surface area contributed by atoms with E-state index in [4.69, 9.17) is 4.74 Å². The minimum Gasteiger partial charge on any atom is -0.493 e. The molecule has 0 aliphatic rings. The normalized spacial score (nSPS) is 12.6. The molecule has 25 heavy (non-hydrogen) atoms. The van der Waals surface area contributed by atoms with Gasteiger partial charge in [0.1, 0.15) is 19.5 Å². The number of hydrogen-bond acceptors (Lipinski definition) is 3. The third kappa shape index (κ3) is 8.22. The van der Waals surface area contributed by atoms with Crippen LogP contribution in [-0.2, 0) is 0 Å². The SMILES string of the molecule is CC[C@H](C)COc1ccc(C#C[Si](C)(C)C)c(N=NN(CC)CC)c1. The van der Waals surface area contributed by atoms with Gasteiger partial charge >= 0.3 is 0 Å². The van der Waals surface area contributed by atoms with Crippen LogP contribution in [0.25, 0.3) is 0 Å². The minimum absolute atomic E-state index is 0.534. The van der Waals surface area contributed by atoms with Crippen molar-refractivity contribution in [3.05, 3.63) is 23.8 Å². The molecule has 1 aromatic carbocycles. The number of ether oxygens (including phenoxy) is 1. The monoisotopic (exact) mass is 359 g/mol. The van der Waals surface area contributed by atoms with E-state index in [1.54, 1.807) is 0 Å². The Bertz CT molecular complexity index is 622. The lowest BCUT2D eigenvalue weighted by Gasteiger charge is -2.13. The summed E-state index contributed by atoms with van der Waals surface area (Å²) in [4.78, 5) is 0. The quantitative estimate of drug-likeness (QED) is 0.259. The van der Waals surface area contributed by atoms with E-state index < -0.39 is 8.07 Å². The first-order chi connectivity index (χ1) is 11.8. The molecule has 0 aliphatic carbocycles. The van der Waals surface area contributed by atoms with Crippen LogP contribution < -0.4 is 4.74 Å². The van der Waals surface area contributed by atoms with Crippen molar-refractivity contribution in [1.82, 2.24) is 5.01 Å². The molecule has 0 aromatic heterocycles. The number of rotatable bonds is 8. The van der Waals surface area contributed by atoms with Crippen LogP contribution in [-0.4, -0.2) is 32.8 Å². The molecule has 4 nitrogen and oxygen atoms in total. The molecule has 0 saturated carbocycles. The van der Waals surface area contributed by atoms with Crippen LogP contribution in [0.1, 0.15) is 39.7 Å². The van der Waals surface area contributed by atoms with E-state index in [0.717, 1.165) is 36.5 Å². The summed E-state index contributed by atoms with van der Waals surface area (Å²) in [5.41, 5.74) is 5.09. The van der Waals surface area contributed by atoms with E-state index in [2.05, 4.69) is 69.1 Å². The summed E-state index contributed by atoms with van der Waals surface area (Å²) in [6, 6.07) is 5.92. The summed E-state index contributed by atoms with van der Waals surface area (Å²) in [6.07, 6.45) is 1.11. The van der Waals surface area contributed by atoms with Gasteiger partial charge in [-0.25, -0.2) is 0 Å². The van der Waals surface area contributed by atoms with Crippen LogP contribution in [0, 0.1) is 17.4 Å². The molecule has 0 saturated heterocycles. The Kier molecular flexibility index (Phi) is 8.71. The van der Waals surface area contributed by atoms with Crippen molar-refractivity contribution in [2.75, 3.05) is 19.7 Å². The molecule has 0 fully saturated rings. The highest BCUT2D eigenvalue weighted by molar-refractivity contribution is 6.83. The van der Waals surface area contributed by atoms with Crippen molar-refractivity contribution in [2.24, 2.45) is 16.3 Å². The third-order valence-corrected chi connectivity index (χ3v) is 4.66. The van der Waals surface area contributed by atoms with E-state index in [1.165, 1.54) is 0 Å². The smallest absolute Gasteiger partial charge is 0.129 e. The maximum atomic E-state index is 5.90. The van der Waals surface area contributed by atoms with Gasteiger partial charge in [-0.15, -0.1) is 10.7 Å². The molecule has 1 aromatic rings. The fraction of sp³-hybridized carbons (Fsp3) is 0.600. The number of nitrogens with zero attached hydrogens (tertiary/aromatic N) is 3. The molecule has 5 heteroatoms. The number of benzene rings is 1. The molecule has 138 valence electrons. The van der Waals surface area contributed by atoms with Crippen molar-refractivity contribution >= 4 is 13.8 Å². The summed E-state index contributed by atoms with van der Waals surface area (Å²) in [5.74, 6) is 4.66. The van der Waals surface area contributed by atoms with Gasteiger partial charge in [0.15, 0.2) is 0 Å². The first kappa shape index (κ1) is 21.2. The maximum absolute atomic E-state index is 5.90. The Labute approximate surface area is 154 Å². The Morgan fingerprint density at radius 2 is 1.84 bits per heavy atom. The average Bonchev–Trinajstić information content (AvgIpc) is 2.58. The molecule has 0 heterocycles. The van der Waals surface area contributed by atoms with Crippen LogP contribution in [0.5, 0.6) is 5.75 Å². The van der Waals surface area contributed by atoms with Gasteiger partial charge in [-0.05, 0) is 31.9 Å². The van der Waals surface area contributed by atoms with Gasteiger partial charge in [0.05, 0.1) is 12.2 Å². The van der Waals surface area contributed by atoms with Gasteiger partial charge in [-0.3, -0.25) is 5.01 Å². The van der Waals surface area contributed by atoms with Gasteiger partial charge < -0.3 is 4.74 Å². The van der Waals surface area contributed by atoms with Crippen molar-refractivity contribution in [2.45, 2.75) is 53.8 Å². The highest BCUT2D eigenvalue weighted by atomic mass is 28.3. The minimum atomic E-state index is -1.45. The summed E-state index contributed by atoms with van der Waals surface area (Å²) in [6.45, 7) is 17.6. The van der Waals surface area contributed by atoms with Gasteiger partial charge in [0.25, 0.3) is 0 Å². The molecule has 0 aliphatic heterocycles. The topological polar surface area (TPSA) is 37.2 Å². The van der Waals surface area contributed by atoms with Crippen LogP contribution in [0.2, 0.25) is 19.6 Å². The van der Waals surface area contributed by atoms with Crippen molar-refractivity contribution in [1.29, 1.82) is 0 Å². The Morgan fingerprint density at radius 1 is 1.16 bits per heavy atom. The standard InChI is InChI=1S/C20H33N3OSi/c1-8-17(4)16-24-19-12-11-18(13-14-25(5,6)7)20(15-19)21-22-23(9-2)10-3/h11-12,15,17H,8-10,16H2,1-7H3/t17-/m0/s1. The lowest BCUT2D eigenvalue weighted by atomic mass is 10.1. The zero-order valence-electron chi connectivity index (χ0n) is 16.9. The molecule has 0 spiro atoms. The second-order valence-electron chi connectivity index (χ2n) is 7.33. The highest BCUT2D eigenvalue weighted by Gasteiger charge is 2.09. The maximum Gasteiger partial charge on any atom is 0.129 e. The van der Waals surface area contributed by atoms with E-state index in [9.17, 15) is 0 Å². The molecule has 0 radical (unpaired) electrons. The summed E-state index contributed by atoms with van der Waals surface area (Å²) < 4.78 is 5.90. The predicted molar refractivity (Wildman–Crippen MR) is 109 cm³/mol. The number of hydrogen-bond donors (Lipinski definition) is 0. The summed E-state index contributed by atoms with van der Waals surface area (Å²) in [7, 11) is -1.45. The summed E-state index contributed by atoms with van der Waals surface area (Å²) in [5, 5.41) is 10.7.